The molecule has 1 heterocycles. The van der Waals surface area contributed by atoms with Gasteiger partial charge in [-0.25, -0.2) is 4.98 Å². The summed E-state index contributed by atoms with van der Waals surface area (Å²) in [6.45, 7) is 11.3. The molecule has 0 radical (unpaired) electrons. The van der Waals surface area contributed by atoms with E-state index in [2.05, 4.69) is 28.5 Å². The molecule has 0 aliphatic carbocycles. The molecule has 0 bridgehead atoms. The Morgan fingerprint density at radius 2 is 2.03 bits per heavy atom. The van der Waals surface area contributed by atoms with Crippen molar-refractivity contribution in [1.29, 1.82) is 0 Å². The van der Waals surface area contributed by atoms with Crippen LogP contribution in [-0.2, 0) is 11.3 Å². The summed E-state index contributed by atoms with van der Waals surface area (Å²) in [6, 6.07) is 1.50. The van der Waals surface area contributed by atoms with E-state index in [-0.39, 0.29) is 10.9 Å². The van der Waals surface area contributed by atoms with E-state index in [0.29, 0.717) is 29.3 Å². The molecule has 0 saturated carbocycles. The molecule has 1 rings (SSSR count). The smallest absolute Gasteiger partial charge is 0.422 e. The van der Waals surface area contributed by atoms with Gasteiger partial charge in [0, 0.05) is 30.1 Å². The average Bonchev–Trinajstić information content (AvgIpc) is 2.73. The number of hydrogen-bond acceptors (Lipinski definition) is 5. The number of hydrogen-bond donors (Lipinski definition) is 1. The van der Waals surface area contributed by atoms with Gasteiger partial charge >= 0.3 is 6.18 Å². The Morgan fingerprint density at radius 3 is 2.56 bits per heavy atom. The standard InChI is InChI=1S/C23H28ClF3N2O2S/c1-6-9-18(15(4)7-2)19(16(5)22(32)30-8-3)13-28-11-17-10-20(24)21(29-12-17)31-14-23(25,26)27/h6,9-10,12-13,28H,5,7-8,11,14H2,1-4H3/b9-6-,18-15+,19-13-. The summed E-state index contributed by atoms with van der Waals surface area (Å²) in [5, 5.41) is 3.48. The first-order valence-electron chi connectivity index (χ1n) is 10.0. The van der Waals surface area contributed by atoms with Crippen LogP contribution in [0.5, 0.6) is 5.88 Å². The van der Waals surface area contributed by atoms with Crippen molar-refractivity contribution in [3.8, 4) is 5.88 Å². The first-order chi connectivity index (χ1) is 15.0. The van der Waals surface area contributed by atoms with E-state index in [1.807, 2.05) is 32.9 Å². The molecule has 0 aromatic carbocycles. The van der Waals surface area contributed by atoms with E-state index in [1.165, 1.54) is 12.3 Å². The Bertz CT molecular complexity index is 909. The van der Waals surface area contributed by atoms with Crippen LogP contribution in [0.25, 0.3) is 0 Å². The SMILES string of the molecule is C=C(C(=S)OCC)C(=C/NCc1cnc(OCC(F)(F)F)c(Cl)c1)/C(/C=C\C)=C(\C)CC. The van der Waals surface area contributed by atoms with Crippen LogP contribution < -0.4 is 10.1 Å². The first-order valence-corrected chi connectivity index (χ1v) is 10.8. The molecule has 1 aromatic heterocycles. The maximum absolute atomic E-state index is 12.3. The fourth-order valence-corrected chi connectivity index (χ4v) is 3.03. The van der Waals surface area contributed by atoms with Gasteiger partial charge in [-0.15, -0.1) is 0 Å². The molecule has 0 unspecified atom stereocenters. The van der Waals surface area contributed by atoms with Crippen LogP contribution in [0.4, 0.5) is 13.2 Å². The number of alkyl halides is 3. The lowest BCUT2D eigenvalue weighted by Gasteiger charge is -2.17. The van der Waals surface area contributed by atoms with Gasteiger partial charge in [0.05, 0.1) is 6.61 Å². The van der Waals surface area contributed by atoms with Crippen molar-refractivity contribution >= 4 is 28.9 Å². The van der Waals surface area contributed by atoms with Crippen LogP contribution in [0, 0.1) is 0 Å². The molecule has 1 N–H and O–H groups in total. The zero-order valence-corrected chi connectivity index (χ0v) is 20.2. The van der Waals surface area contributed by atoms with E-state index < -0.39 is 12.8 Å². The number of nitrogens with one attached hydrogen (secondary N) is 1. The number of aromatic nitrogens is 1. The van der Waals surface area contributed by atoms with Crippen LogP contribution in [0.15, 0.2) is 59.5 Å². The van der Waals surface area contributed by atoms with Crippen molar-refractivity contribution in [2.24, 2.45) is 0 Å². The van der Waals surface area contributed by atoms with Crippen molar-refractivity contribution in [2.45, 2.75) is 46.8 Å². The van der Waals surface area contributed by atoms with Gasteiger partial charge in [-0.2, -0.15) is 13.2 Å². The summed E-state index contributed by atoms with van der Waals surface area (Å²) in [5.74, 6) is -0.267. The summed E-state index contributed by atoms with van der Waals surface area (Å²) >= 11 is 11.4. The molecule has 0 spiro atoms. The zero-order chi connectivity index (χ0) is 24.3. The lowest BCUT2D eigenvalue weighted by atomic mass is 9.94. The number of ether oxygens (including phenoxy) is 2. The van der Waals surface area contributed by atoms with Gasteiger partial charge in [0.2, 0.25) is 5.88 Å². The molecule has 4 nitrogen and oxygen atoms in total. The summed E-state index contributed by atoms with van der Waals surface area (Å²) in [4.78, 5) is 3.88. The summed E-state index contributed by atoms with van der Waals surface area (Å²) in [6.07, 6.45) is 3.47. The van der Waals surface area contributed by atoms with Gasteiger partial charge < -0.3 is 14.8 Å². The highest BCUT2D eigenvalue weighted by Gasteiger charge is 2.29. The quantitative estimate of drug-likeness (QED) is 0.209. The third-order valence-electron chi connectivity index (χ3n) is 4.25. The van der Waals surface area contributed by atoms with Crippen LogP contribution >= 0.6 is 23.8 Å². The Labute approximate surface area is 197 Å². The summed E-state index contributed by atoms with van der Waals surface area (Å²) < 4.78 is 47.0. The predicted octanol–water partition coefficient (Wildman–Crippen LogP) is 6.87. The van der Waals surface area contributed by atoms with Crippen LogP contribution in [-0.4, -0.2) is 29.4 Å². The normalized spacial score (nSPS) is 13.1. The second kappa shape index (κ2) is 13.3. The highest BCUT2D eigenvalue weighted by molar-refractivity contribution is 7.80. The Kier molecular flexibility index (Phi) is 11.5. The van der Waals surface area contributed by atoms with Gasteiger partial charge in [0.1, 0.15) is 5.02 Å². The monoisotopic (exact) mass is 488 g/mol. The molecule has 0 atom stereocenters. The van der Waals surface area contributed by atoms with E-state index in [4.69, 9.17) is 28.6 Å². The maximum Gasteiger partial charge on any atom is 0.422 e. The topological polar surface area (TPSA) is 43.4 Å². The molecule has 0 fully saturated rings. The predicted molar refractivity (Wildman–Crippen MR) is 127 cm³/mol. The van der Waals surface area contributed by atoms with E-state index in [0.717, 1.165) is 23.1 Å². The van der Waals surface area contributed by atoms with Crippen LogP contribution in [0.2, 0.25) is 5.02 Å². The van der Waals surface area contributed by atoms with Gasteiger partial charge in [0.15, 0.2) is 11.7 Å². The van der Waals surface area contributed by atoms with Crippen molar-refractivity contribution in [3.63, 3.8) is 0 Å². The molecule has 9 heteroatoms. The van der Waals surface area contributed by atoms with E-state index in [9.17, 15) is 13.2 Å². The highest BCUT2D eigenvalue weighted by Crippen LogP contribution is 2.27. The lowest BCUT2D eigenvalue weighted by molar-refractivity contribution is -0.154. The number of pyridine rings is 1. The number of rotatable bonds is 11. The molecular formula is C23H28ClF3N2O2S. The summed E-state index contributed by atoms with van der Waals surface area (Å²) in [7, 11) is 0. The largest absolute Gasteiger partial charge is 0.483 e. The Hall–Kier alpha value is -2.32. The van der Waals surface area contributed by atoms with Gasteiger partial charge in [-0.1, -0.05) is 42.8 Å². The van der Waals surface area contributed by atoms with Crippen molar-refractivity contribution in [3.05, 3.63) is 70.1 Å². The zero-order valence-electron chi connectivity index (χ0n) is 18.6. The first kappa shape index (κ1) is 27.7. The van der Waals surface area contributed by atoms with Crippen molar-refractivity contribution < 1.29 is 22.6 Å². The third kappa shape index (κ3) is 9.04. The molecule has 0 saturated heterocycles. The molecule has 32 heavy (non-hydrogen) atoms. The number of thiocarbonyl (C=S) groups is 1. The van der Waals surface area contributed by atoms with Crippen molar-refractivity contribution in [2.75, 3.05) is 13.2 Å². The average molecular weight is 489 g/mol. The number of allylic oxidation sites excluding steroid dienone is 4. The molecular weight excluding hydrogens is 461 g/mol. The number of halogens is 4. The fraction of sp³-hybridized carbons (Fsp3) is 0.391. The van der Waals surface area contributed by atoms with Crippen molar-refractivity contribution in [1.82, 2.24) is 10.3 Å². The van der Waals surface area contributed by atoms with E-state index >= 15 is 0 Å². The molecule has 176 valence electrons. The van der Waals surface area contributed by atoms with Crippen LogP contribution in [0.3, 0.4) is 0 Å². The van der Waals surface area contributed by atoms with Gasteiger partial charge in [-0.3, -0.25) is 0 Å². The lowest BCUT2D eigenvalue weighted by Crippen LogP contribution is -2.20. The minimum atomic E-state index is -4.47. The molecule has 0 amide bonds. The van der Waals surface area contributed by atoms with Gasteiger partial charge in [-0.05, 0) is 56.6 Å². The fourth-order valence-electron chi connectivity index (χ4n) is 2.56. The Balaban J connectivity index is 3.10. The molecule has 1 aromatic rings. The highest BCUT2D eigenvalue weighted by atomic mass is 35.5. The minimum absolute atomic E-state index is 0.00369. The summed E-state index contributed by atoms with van der Waals surface area (Å²) in [5.41, 5.74) is 4.13. The second-order valence-electron chi connectivity index (χ2n) is 6.72. The number of nitrogens with zero attached hydrogens (tertiary/aromatic N) is 1. The molecule has 0 aliphatic rings. The second-order valence-corrected chi connectivity index (χ2v) is 7.50. The van der Waals surface area contributed by atoms with Crippen LogP contribution in [0.1, 0.15) is 39.7 Å². The third-order valence-corrected chi connectivity index (χ3v) is 4.88. The van der Waals surface area contributed by atoms with E-state index in [1.54, 1.807) is 6.20 Å². The molecule has 0 aliphatic heterocycles. The minimum Gasteiger partial charge on any atom is -0.483 e. The Morgan fingerprint density at radius 1 is 1.34 bits per heavy atom. The van der Waals surface area contributed by atoms with Gasteiger partial charge in [0.25, 0.3) is 0 Å². The maximum atomic E-state index is 12.3.